The molecule has 0 spiro atoms. The molecule has 0 saturated heterocycles. The predicted molar refractivity (Wildman–Crippen MR) is 90.1 cm³/mol. The summed E-state index contributed by atoms with van der Waals surface area (Å²) in [6, 6.07) is 9.70. The van der Waals surface area contributed by atoms with Crippen LogP contribution in [0.2, 0.25) is 0 Å². The zero-order chi connectivity index (χ0) is 16.8. The maximum atomic E-state index is 14.3. The van der Waals surface area contributed by atoms with E-state index in [4.69, 9.17) is 10.6 Å². The molecule has 0 unspecified atom stereocenters. The summed E-state index contributed by atoms with van der Waals surface area (Å²) in [6.07, 6.45) is 2.00. The highest BCUT2D eigenvalue weighted by Gasteiger charge is 2.29. The number of hydrogen-bond donors (Lipinski definition) is 1. The number of aromatic nitrogens is 2. The van der Waals surface area contributed by atoms with Gasteiger partial charge in [0.25, 0.3) is 5.56 Å². The van der Waals surface area contributed by atoms with E-state index in [0.717, 1.165) is 17.5 Å². The molecule has 0 aliphatic heterocycles. The van der Waals surface area contributed by atoms with Crippen molar-refractivity contribution in [1.29, 1.82) is 0 Å². The second kappa shape index (κ2) is 5.33. The van der Waals surface area contributed by atoms with Crippen LogP contribution in [0.4, 0.5) is 4.39 Å². The zero-order valence-electron chi connectivity index (χ0n) is 13.1. The van der Waals surface area contributed by atoms with Gasteiger partial charge in [0.05, 0.1) is 23.6 Å². The van der Waals surface area contributed by atoms with Crippen molar-refractivity contribution in [3.8, 4) is 16.9 Å². The third-order valence-electron chi connectivity index (χ3n) is 4.35. The topological polar surface area (TPSA) is 70.1 Å². The number of nitrogens with zero attached hydrogens (tertiary/aromatic N) is 2. The minimum atomic E-state index is -0.413. The Balaban J connectivity index is 1.95. The first-order valence-corrected chi connectivity index (χ1v) is 7.75. The van der Waals surface area contributed by atoms with Crippen LogP contribution in [0.15, 0.2) is 41.2 Å². The molecule has 122 valence electrons. The van der Waals surface area contributed by atoms with Gasteiger partial charge in [0, 0.05) is 5.92 Å². The maximum Gasteiger partial charge on any atom is 0.279 e. The number of rotatable bonds is 3. The molecule has 6 heteroatoms. The third-order valence-corrected chi connectivity index (χ3v) is 4.35. The molecule has 2 N–H and O–H groups in total. The molecule has 1 aromatic heterocycles. The zero-order valence-corrected chi connectivity index (χ0v) is 13.1. The van der Waals surface area contributed by atoms with E-state index >= 15 is 0 Å². The number of nitrogen functional groups attached to an aromatic ring is 1. The Morgan fingerprint density at radius 3 is 2.79 bits per heavy atom. The lowest BCUT2D eigenvalue weighted by Gasteiger charge is -2.12. The van der Waals surface area contributed by atoms with Crippen LogP contribution in [0.1, 0.15) is 24.6 Å². The van der Waals surface area contributed by atoms with Crippen LogP contribution in [-0.2, 0) is 0 Å². The molecule has 3 aromatic rings. The average Bonchev–Trinajstić information content (AvgIpc) is 3.42. The molecule has 4 rings (SSSR count). The van der Waals surface area contributed by atoms with E-state index in [2.05, 4.69) is 4.98 Å². The van der Waals surface area contributed by atoms with Crippen LogP contribution in [0.25, 0.3) is 22.0 Å². The first kappa shape index (κ1) is 14.7. The number of benzene rings is 2. The summed E-state index contributed by atoms with van der Waals surface area (Å²) in [5.41, 5.74) is 1.12. The van der Waals surface area contributed by atoms with Crippen molar-refractivity contribution in [2.45, 2.75) is 18.8 Å². The molecule has 24 heavy (non-hydrogen) atoms. The van der Waals surface area contributed by atoms with Crippen LogP contribution < -0.4 is 16.1 Å². The molecule has 0 amide bonds. The second-order valence-corrected chi connectivity index (χ2v) is 5.97. The van der Waals surface area contributed by atoms with Crippen LogP contribution in [0, 0.1) is 5.82 Å². The van der Waals surface area contributed by atoms with E-state index in [-0.39, 0.29) is 11.5 Å². The minimum absolute atomic E-state index is 0.262. The largest absolute Gasteiger partial charge is 0.496 e. The number of ether oxygens (including phenoxy) is 1. The lowest BCUT2D eigenvalue weighted by atomic mass is 10.0. The Kier molecular flexibility index (Phi) is 3.26. The molecular weight excluding hydrogens is 309 g/mol. The summed E-state index contributed by atoms with van der Waals surface area (Å²) in [4.78, 5) is 17.1. The van der Waals surface area contributed by atoms with E-state index in [1.807, 2.05) is 0 Å². The fraction of sp³-hybridized carbons (Fsp3) is 0.222. The standard InChI is InChI=1S/C18H16FN3O2/c1-24-15-4-2-3-13(19)16(15)11-7-8-14-12(9-11)18(23)22(20)17(21-14)10-5-6-10/h2-4,7-10H,5-6,20H2,1H3. The van der Waals surface area contributed by atoms with E-state index < -0.39 is 5.82 Å². The second-order valence-electron chi connectivity index (χ2n) is 5.97. The summed E-state index contributed by atoms with van der Waals surface area (Å²) in [5.74, 6) is 6.78. The third kappa shape index (κ3) is 2.22. The highest BCUT2D eigenvalue weighted by molar-refractivity contribution is 5.85. The van der Waals surface area contributed by atoms with E-state index in [1.54, 1.807) is 30.3 Å². The smallest absolute Gasteiger partial charge is 0.279 e. The molecule has 0 atom stereocenters. The van der Waals surface area contributed by atoms with Gasteiger partial charge in [-0.2, -0.15) is 0 Å². The fourth-order valence-electron chi connectivity index (χ4n) is 2.96. The Labute approximate surface area is 137 Å². The molecule has 1 aliphatic rings. The minimum Gasteiger partial charge on any atom is -0.496 e. The molecule has 5 nitrogen and oxygen atoms in total. The molecule has 1 saturated carbocycles. The van der Waals surface area contributed by atoms with Gasteiger partial charge in [0.2, 0.25) is 0 Å². The van der Waals surface area contributed by atoms with Crippen molar-refractivity contribution in [3.05, 3.63) is 58.4 Å². The van der Waals surface area contributed by atoms with Gasteiger partial charge >= 0.3 is 0 Å². The molecule has 0 radical (unpaired) electrons. The summed E-state index contributed by atoms with van der Waals surface area (Å²) in [5, 5.41) is 0.365. The van der Waals surface area contributed by atoms with Gasteiger partial charge < -0.3 is 10.6 Å². The van der Waals surface area contributed by atoms with Crippen molar-refractivity contribution in [2.24, 2.45) is 0 Å². The predicted octanol–water partition coefficient (Wildman–Crippen LogP) is 2.80. The van der Waals surface area contributed by atoms with Gasteiger partial charge in [-0.05, 0) is 42.7 Å². The number of hydrogen-bond acceptors (Lipinski definition) is 4. The molecule has 0 bridgehead atoms. The number of fused-ring (bicyclic) bond motifs is 1. The van der Waals surface area contributed by atoms with Gasteiger partial charge in [-0.3, -0.25) is 4.79 Å². The molecular formula is C18H16FN3O2. The van der Waals surface area contributed by atoms with Crippen molar-refractivity contribution in [3.63, 3.8) is 0 Å². The van der Waals surface area contributed by atoms with Gasteiger partial charge in [0.15, 0.2) is 0 Å². The monoisotopic (exact) mass is 325 g/mol. The van der Waals surface area contributed by atoms with E-state index in [1.165, 1.54) is 13.2 Å². The SMILES string of the molecule is COc1cccc(F)c1-c1ccc2nc(C3CC3)n(N)c(=O)c2c1. The summed E-state index contributed by atoms with van der Waals surface area (Å²) in [6.45, 7) is 0. The number of halogens is 1. The summed E-state index contributed by atoms with van der Waals surface area (Å²) >= 11 is 0. The van der Waals surface area contributed by atoms with Crippen molar-refractivity contribution in [1.82, 2.24) is 9.66 Å². The van der Waals surface area contributed by atoms with Crippen LogP contribution in [0.5, 0.6) is 5.75 Å². The summed E-state index contributed by atoms with van der Waals surface area (Å²) in [7, 11) is 1.48. The normalized spacial score (nSPS) is 14.1. The fourth-order valence-corrected chi connectivity index (χ4v) is 2.96. The van der Waals surface area contributed by atoms with Crippen molar-refractivity contribution < 1.29 is 9.13 Å². The Hall–Kier alpha value is -2.89. The van der Waals surface area contributed by atoms with Crippen LogP contribution in [-0.4, -0.2) is 16.8 Å². The van der Waals surface area contributed by atoms with Gasteiger partial charge in [0.1, 0.15) is 17.4 Å². The maximum absolute atomic E-state index is 14.3. The molecule has 1 heterocycles. The first-order chi connectivity index (χ1) is 11.6. The Morgan fingerprint density at radius 1 is 1.29 bits per heavy atom. The van der Waals surface area contributed by atoms with Gasteiger partial charge in [-0.15, -0.1) is 0 Å². The average molecular weight is 325 g/mol. The molecule has 2 aromatic carbocycles. The highest BCUT2D eigenvalue weighted by Crippen LogP contribution is 2.39. The van der Waals surface area contributed by atoms with Crippen molar-refractivity contribution in [2.75, 3.05) is 13.0 Å². The van der Waals surface area contributed by atoms with E-state index in [9.17, 15) is 9.18 Å². The Morgan fingerprint density at radius 2 is 2.08 bits per heavy atom. The van der Waals surface area contributed by atoms with Crippen LogP contribution in [0.3, 0.4) is 0 Å². The lowest BCUT2D eigenvalue weighted by Crippen LogP contribution is -2.31. The summed E-state index contributed by atoms with van der Waals surface area (Å²) < 4.78 is 20.6. The molecule has 1 fully saturated rings. The highest BCUT2D eigenvalue weighted by atomic mass is 19.1. The van der Waals surface area contributed by atoms with Crippen molar-refractivity contribution >= 4 is 10.9 Å². The lowest BCUT2D eigenvalue weighted by molar-refractivity contribution is 0.413. The quantitative estimate of drug-likeness (QED) is 0.752. The molecule has 1 aliphatic carbocycles. The first-order valence-electron chi connectivity index (χ1n) is 7.75. The van der Waals surface area contributed by atoms with Gasteiger partial charge in [-0.1, -0.05) is 12.1 Å². The van der Waals surface area contributed by atoms with Crippen LogP contribution >= 0.6 is 0 Å². The number of methoxy groups -OCH3 is 1. The Bertz CT molecular complexity index is 1010. The number of nitrogens with two attached hydrogens (primary N) is 1. The van der Waals surface area contributed by atoms with E-state index in [0.29, 0.717) is 33.6 Å². The van der Waals surface area contributed by atoms with Gasteiger partial charge in [-0.25, -0.2) is 14.1 Å².